The number of hydrogen-bond donors (Lipinski definition) is 3. The smallest absolute Gasteiger partial charge is 0.320 e. The number of fused-ring (bicyclic) bond motifs is 1. The fraction of sp³-hybridized carbons (Fsp3) is 0.250. The fourth-order valence-corrected chi connectivity index (χ4v) is 1.87. The van der Waals surface area contributed by atoms with Crippen molar-refractivity contribution < 1.29 is 14.6 Å². The van der Waals surface area contributed by atoms with E-state index < -0.39 is 12.0 Å². The Balaban J connectivity index is 2.44. The number of H-pyrrole nitrogens is 1. The molecule has 1 aromatic carbocycles. The summed E-state index contributed by atoms with van der Waals surface area (Å²) in [6.07, 6.45) is 2.05. The molecule has 1 unspecified atom stereocenters. The van der Waals surface area contributed by atoms with Gasteiger partial charge in [-0.3, -0.25) is 4.79 Å². The van der Waals surface area contributed by atoms with Crippen LogP contribution >= 0.6 is 0 Å². The van der Waals surface area contributed by atoms with Crippen LogP contribution in [0.15, 0.2) is 24.4 Å². The fourth-order valence-electron chi connectivity index (χ4n) is 1.87. The van der Waals surface area contributed by atoms with Gasteiger partial charge < -0.3 is 20.6 Å². The quantitative estimate of drug-likeness (QED) is 0.740. The van der Waals surface area contributed by atoms with Gasteiger partial charge in [-0.2, -0.15) is 0 Å². The summed E-state index contributed by atoms with van der Waals surface area (Å²) in [7, 11) is 1.59. The van der Waals surface area contributed by atoms with Crippen LogP contribution in [0.1, 0.15) is 5.56 Å². The van der Waals surface area contributed by atoms with Gasteiger partial charge >= 0.3 is 5.97 Å². The van der Waals surface area contributed by atoms with E-state index >= 15 is 0 Å². The highest BCUT2D eigenvalue weighted by Gasteiger charge is 2.16. The van der Waals surface area contributed by atoms with E-state index in [1.165, 1.54) is 0 Å². The van der Waals surface area contributed by atoms with Crippen molar-refractivity contribution in [1.29, 1.82) is 0 Å². The zero-order valence-corrected chi connectivity index (χ0v) is 9.43. The first-order chi connectivity index (χ1) is 8.13. The molecule has 2 rings (SSSR count). The van der Waals surface area contributed by atoms with Crippen molar-refractivity contribution in [2.45, 2.75) is 12.5 Å². The molecule has 0 radical (unpaired) electrons. The maximum absolute atomic E-state index is 10.7. The van der Waals surface area contributed by atoms with Crippen LogP contribution in [-0.4, -0.2) is 29.2 Å². The number of methoxy groups -OCH3 is 1. The zero-order chi connectivity index (χ0) is 12.4. The largest absolute Gasteiger partial charge is 0.496 e. The predicted molar refractivity (Wildman–Crippen MR) is 64.2 cm³/mol. The average molecular weight is 234 g/mol. The van der Waals surface area contributed by atoms with Gasteiger partial charge in [0, 0.05) is 23.5 Å². The number of aliphatic carboxylic acids is 1. The highest BCUT2D eigenvalue weighted by molar-refractivity contribution is 5.90. The number of ether oxygens (including phenoxy) is 1. The van der Waals surface area contributed by atoms with Crippen LogP contribution in [0.3, 0.4) is 0 Å². The van der Waals surface area contributed by atoms with Crippen LogP contribution in [-0.2, 0) is 11.2 Å². The van der Waals surface area contributed by atoms with E-state index in [-0.39, 0.29) is 6.42 Å². The molecule has 0 spiro atoms. The molecule has 90 valence electrons. The number of hydrogen-bond acceptors (Lipinski definition) is 3. The second-order valence-electron chi connectivity index (χ2n) is 3.85. The molecule has 5 heteroatoms. The molecule has 0 aliphatic carbocycles. The molecule has 1 heterocycles. The third-order valence-corrected chi connectivity index (χ3v) is 2.73. The second kappa shape index (κ2) is 4.47. The van der Waals surface area contributed by atoms with E-state index in [1.54, 1.807) is 13.3 Å². The van der Waals surface area contributed by atoms with Gasteiger partial charge in [-0.1, -0.05) is 6.07 Å². The lowest BCUT2D eigenvalue weighted by Gasteiger charge is -2.07. The predicted octanol–water partition coefficient (Wildman–Crippen LogP) is 1.13. The number of rotatable bonds is 4. The Morgan fingerprint density at radius 1 is 1.59 bits per heavy atom. The van der Waals surface area contributed by atoms with E-state index in [0.717, 1.165) is 22.2 Å². The summed E-state index contributed by atoms with van der Waals surface area (Å²) < 4.78 is 5.26. The van der Waals surface area contributed by atoms with Crippen molar-refractivity contribution in [3.05, 3.63) is 30.0 Å². The number of carbonyl (C=O) groups is 1. The maximum Gasteiger partial charge on any atom is 0.320 e. The van der Waals surface area contributed by atoms with Crippen LogP contribution in [0.4, 0.5) is 0 Å². The summed E-state index contributed by atoms with van der Waals surface area (Å²) in [5.41, 5.74) is 7.30. The first-order valence-corrected chi connectivity index (χ1v) is 5.25. The maximum atomic E-state index is 10.7. The average Bonchev–Trinajstić information content (AvgIpc) is 2.72. The Labute approximate surface area is 98.2 Å². The molecule has 1 atom stereocenters. The van der Waals surface area contributed by atoms with Gasteiger partial charge in [0.15, 0.2) is 0 Å². The van der Waals surface area contributed by atoms with Gasteiger partial charge in [-0.25, -0.2) is 0 Å². The van der Waals surface area contributed by atoms with Crippen LogP contribution in [0.2, 0.25) is 0 Å². The van der Waals surface area contributed by atoms with Crippen molar-refractivity contribution in [1.82, 2.24) is 4.98 Å². The van der Waals surface area contributed by atoms with Crippen molar-refractivity contribution in [2.24, 2.45) is 5.73 Å². The number of carboxylic acid groups (broad SMARTS) is 1. The van der Waals surface area contributed by atoms with Gasteiger partial charge in [0.1, 0.15) is 11.8 Å². The molecule has 0 amide bonds. The molecule has 0 aliphatic heterocycles. The Morgan fingerprint density at radius 2 is 2.35 bits per heavy atom. The van der Waals surface area contributed by atoms with Crippen LogP contribution < -0.4 is 10.5 Å². The number of nitrogens with one attached hydrogen (secondary N) is 1. The van der Waals surface area contributed by atoms with Crippen LogP contribution in [0.5, 0.6) is 5.75 Å². The molecule has 2 aromatic rings. The number of carboxylic acids is 1. The first-order valence-electron chi connectivity index (χ1n) is 5.25. The minimum atomic E-state index is -1.01. The van der Waals surface area contributed by atoms with Crippen LogP contribution in [0, 0.1) is 0 Å². The Bertz CT molecular complexity index is 548. The highest BCUT2D eigenvalue weighted by Crippen LogP contribution is 2.29. The van der Waals surface area contributed by atoms with Gasteiger partial charge in [0.2, 0.25) is 0 Å². The van der Waals surface area contributed by atoms with Gasteiger partial charge in [-0.05, 0) is 17.7 Å². The molecule has 5 nitrogen and oxygen atoms in total. The molecular weight excluding hydrogens is 220 g/mol. The molecule has 4 N–H and O–H groups in total. The Kier molecular flexibility index (Phi) is 3.01. The molecular formula is C12H14N2O3. The first kappa shape index (κ1) is 11.5. The monoisotopic (exact) mass is 234 g/mol. The van der Waals surface area contributed by atoms with Crippen molar-refractivity contribution in [3.8, 4) is 5.75 Å². The summed E-state index contributed by atoms with van der Waals surface area (Å²) in [5, 5.41) is 9.71. The van der Waals surface area contributed by atoms with Gasteiger partial charge in [-0.15, -0.1) is 0 Å². The molecule has 0 bridgehead atoms. The van der Waals surface area contributed by atoms with Gasteiger partial charge in [0.25, 0.3) is 0 Å². The van der Waals surface area contributed by atoms with E-state index in [9.17, 15) is 4.79 Å². The molecule has 0 aliphatic rings. The lowest BCUT2D eigenvalue weighted by atomic mass is 10.1. The van der Waals surface area contributed by atoms with E-state index in [4.69, 9.17) is 15.6 Å². The third kappa shape index (κ3) is 2.09. The summed E-state index contributed by atoms with van der Waals surface area (Å²) >= 11 is 0. The number of nitrogens with two attached hydrogens (primary N) is 1. The number of aromatic nitrogens is 1. The van der Waals surface area contributed by atoms with Gasteiger partial charge in [0.05, 0.1) is 7.11 Å². The van der Waals surface area contributed by atoms with Crippen molar-refractivity contribution in [3.63, 3.8) is 0 Å². The normalized spacial score (nSPS) is 12.6. The molecule has 0 saturated heterocycles. The topological polar surface area (TPSA) is 88.3 Å². The summed E-state index contributed by atoms with van der Waals surface area (Å²) in [6.45, 7) is 0. The second-order valence-corrected chi connectivity index (χ2v) is 3.85. The van der Waals surface area contributed by atoms with E-state index in [2.05, 4.69) is 4.98 Å². The Hall–Kier alpha value is -2.01. The molecule has 1 aromatic heterocycles. The summed E-state index contributed by atoms with van der Waals surface area (Å²) in [6, 6.07) is 4.72. The lowest BCUT2D eigenvalue weighted by Crippen LogP contribution is -2.32. The van der Waals surface area contributed by atoms with Crippen LogP contribution in [0.25, 0.3) is 10.9 Å². The zero-order valence-electron chi connectivity index (χ0n) is 9.43. The summed E-state index contributed by atoms with van der Waals surface area (Å²) in [4.78, 5) is 13.8. The lowest BCUT2D eigenvalue weighted by molar-refractivity contribution is -0.138. The third-order valence-electron chi connectivity index (χ3n) is 2.73. The number of benzene rings is 1. The molecule has 0 saturated carbocycles. The Morgan fingerprint density at radius 3 is 3.00 bits per heavy atom. The summed E-state index contributed by atoms with van der Waals surface area (Å²) in [5.74, 6) is -0.286. The van der Waals surface area contributed by atoms with E-state index in [1.807, 2.05) is 18.2 Å². The highest BCUT2D eigenvalue weighted by atomic mass is 16.5. The molecule has 0 fully saturated rings. The standard InChI is InChI=1S/C12H14N2O3/c1-17-10-4-2-3-9-11(10)7(6-14-9)5-8(13)12(15)16/h2-4,6,8,14H,5,13H2,1H3,(H,15,16). The number of aromatic amines is 1. The van der Waals surface area contributed by atoms with Crippen molar-refractivity contribution in [2.75, 3.05) is 7.11 Å². The van der Waals surface area contributed by atoms with E-state index in [0.29, 0.717) is 0 Å². The minimum Gasteiger partial charge on any atom is -0.496 e. The SMILES string of the molecule is COc1cccc2[nH]cc(CC(N)C(=O)O)c12. The molecule has 17 heavy (non-hydrogen) atoms. The minimum absolute atomic E-state index is 0.274. The van der Waals surface area contributed by atoms with Crippen molar-refractivity contribution >= 4 is 16.9 Å².